The van der Waals surface area contributed by atoms with E-state index in [9.17, 15) is 5.11 Å². The van der Waals surface area contributed by atoms with Gasteiger partial charge in [0.05, 0.1) is 0 Å². The minimum Gasteiger partial charge on any atom is -0.506 e. The zero-order valence-corrected chi connectivity index (χ0v) is 10.1. The first kappa shape index (κ1) is 10.8. The van der Waals surface area contributed by atoms with Gasteiger partial charge in [0.1, 0.15) is 11.3 Å². The second-order valence-corrected chi connectivity index (χ2v) is 4.35. The smallest absolute Gasteiger partial charge is 0.141 e. The van der Waals surface area contributed by atoms with E-state index in [0.717, 1.165) is 22.2 Å². The van der Waals surface area contributed by atoms with Gasteiger partial charge in [0.2, 0.25) is 0 Å². The summed E-state index contributed by atoms with van der Waals surface area (Å²) >= 11 is 0. The molecule has 18 heavy (non-hydrogen) atoms. The quantitative estimate of drug-likeness (QED) is 0.693. The van der Waals surface area contributed by atoms with Crippen LogP contribution in [0.5, 0.6) is 5.75 Å². The van der Waals surface area contributed by atoms with Crippen LogP contribution in [-0.2, 0) is 0 Å². The Labute approximate surface area is 106 Å². The third kappa shape index (κ3) is 1.72. The number of fused-ring (bicyclic) bond motifs is 1. The first-order valence-electron chi connectivity index (χ1n) is 5.90. The first-order chi connectivity index (χ1) is 8.75. The molecule has 2 nitrogen and oxygen atoms in total. The lowest BCUT2D eigenvalue weighted by Crippen LogP contribution is -1.87. The van der Waals surface area contributed by atoms with Crippen molar-refractivity contribution in [3.63, 3.8) is 0 Å². The Bertz CT molecular complexity index is 705. The molecule has 1 aromatic heterocycles. The number of aryl methyl sites for hydroxylation is 1. The Hall–Kier alpha value is -2.35. The van der Waals surface area contributed by atoms with Crippen molar-refractivity contribution < 1.29 is 5.11 Å². The van der Waals surface area contributed by atoms with E-state index in [1.807, 2.05) is 43.3 Å². The highest BCUT2D eigenvalue weighted by atomic mass is 16.3. The monoisotopic (exact) mass is 235 g/mol. The van der Waals surface area contributed by atoms with Gasteiger partial charge in [-0.3, -0.25) is 0 Å². The van der Waals surface area contributed by atoms with Crippen LogP contribution in [0.4, 0.5) is 0 Å². The lowest BCUT2D eigenvalue weighted by atomic mass is 10.00. The van der Waals surface area contributed by atoms with E-state index in [0.29, 0.717) is 5.52 Å². The molecule has 1 heterocycles. The van der Waals surface area contributed by atoms with Gasteiger partial charge >= 0.3 is 0 Å². The van der Waals surface area contributed by atoms with Gasteiger partial charge in [-0.05, 0) is 36.2 Å². The number of aromatic hydroxyl groups is 1. The number of nitrogens with zero attached hydrogens (tertiary/aromatic N) is 1. The van der Waals surface area contributed by atoms with Gasteiger partial charge in [-0.1, -0.05) is 36.4 Å². The topological polar surface area (TPSA) is 33.1 Å². The Morgan fingerprint density at radius 1 is 0.889 bits per heavy atom. The molecule has 0 amide bonds. The number of pyridine rings is 1. The molecule has 0 saturated carbocycles. The molecule has 3 rings (SSSR count). The number of benzene rings is 2. The zero-order valence-electron chi connectivity index (χ0n) is 10.1. The minimum absolute atomic E-state index is 0.230. The van der Waals surface area contributed by atoms with Gasteiger partial charge in [0.25, 0.3) is 0 Å². The Kier molecular flexibility index (Phi) is 2.49. The number of rotatable bonds is 1. The van der Waals surface area contributed by atoms with Gasteiger partial charge < -0.3 is 5.11 Å². The molecular weight excluding hydrogens is 222 g/mol. The van der Waals surface area contributed by atoms with Crippen LogP contribution in [0.2, 0.25) is 0 Å². The number of phenols is 1. The normalized spacial score (nSPS) is 10.7. The first-order valence-corrected chi connectivity index (χ1v) is 5.90. The van der Waals surface area contributed by atoms with Crippen molar-refractivity contribution in [2.24, 2.45) is 0 Å². The summed E-state index contributed by atoms with van der Waals surface area (Å²) in [7, 11) is 0. The van der Waals surface area contributed by atoms with Crippen LogP contribution in [-0.4, -0.2) is 10.1 Å². The number of hydrogen-bond acceptors (Lipinski definition) is 2. The van der Waals surface area contributed by atoms with Crippen LogP contribution in [0.3, 0.4) is 0 Å². The predicted octanol–water partition coefficient (Wildman–Crippen LogP) is 3.92. The predicted molar refractivity (Wildman–Crippen MR) is 73.6 cm³/mol. The Balaban J connectivity index is 2.35. The van der Waals surface area contributed by atoms with Gasteiger partial charge in [-0.15, -0.1) is 0 Å². The molecule has 3 aromatic rings. The molecule has 0 aliphatic carbocycles. The lowest BCUT2D eigenvalue weighted by molar-refractivity contribution is 0.480. The van der Waals surface area contributed by atoms with Gasteiger partial charge in [0.15, 0.2) is 0 Å². The van der Waals surface area contributed by atoms with E-state index in [1.54, 1.807) is 6.07 Å². The molecule has 0 bridgehead atoms. The van der Waals surface area contributed by atoms with Crippen molar-refractivity contribution in [1.82, 2.24) is 4.98 Å². The summed E-state index contributed by atoms with van der Waals surface area (Å²) < 4.78 is 0. The van der Waals surface area contributed by atoms with Gasteiger partial charge in [0, 0.05) is 11.1 Å². The molecule has 2 heteroatoms. The fourth-order valence-corrected chi connectivity index (χ4v) is 2.17. The fraction of sp³-hybridized carbons (Fsp3) is 0.0625. The van der Waals surface area contributed by atoms with Crippen LogP contribution < -0.4 is 0 Å². The van der Waals surface area contributed by atoms with E-state index in [-0.39, 0.29) is 5.75 Å². The molecule has 0 radical (unpaired) electrons. The lowest BCUT2D eigenvalue weighted by Gasteiger charge is -2.08. The van der Waals surface area contributed by atoms with Crippen LogP contribution in [0.1, 0.15) is 5.69 Å². The molecule has 88 valence electrons. The molecule has 0 atom stereocenters. The number of hydrogen-bond donors (Lipinski definition) is 1. The van der Waals surface area contributed by atoms with E-state index in [1.165, 1.54) is 0 Å². The largest absolute Gasteiger partial charge is 0.506 e. The summed E-state index contributed by atoms with van der Waals surface area (Å²) in [5, 5.41) is 10.9. The Morgan fingerprint density at radius 2 is 1.67 bits per heavy atom. The number of phenolic OH excluding ortho intramolecular Hbond substituents is 1. The van der Waals surface area contributed by atoms with E-state index in [4.69, 9.17) is 0 Å². The molecule has 0 saturated heterocycles. The molecule has 1 N–H and O–H groups in total. The maximum Gasteiger partial charge on any atom is 0.141 e. The van der Waals surface area contributed by atoms with Crippen molar-refractivity contribution in [2.45, 2.75) is 6.92 Å². The summed E-state index contributed by atoms with van der Waals surface area (Å²) in [4.78, 5) is 4.41. The molecule has 2 aromatic carbocycles. The third-order valence-corrected chi connectivity index (χ3v) is 3.06. The van der Waals surface area contributed by atoms with Crippen molar-refractivity contribution in [1.29, 1.82) is 0 Å². The molecule has 0 fully saturated rings. The second kappa shape index (κ2) is 4.15. The van der Waals surface area contributed by atoms with Crippen LogP contribution in [0, 0.1) is 6.92 Å². The van der Waals surface area contributed by atoms with E-state index >= 15 is 0 Å². The van der Waals surface area contributed by atoms with Crippen LogP contribution in [0.15, 0.2) is 54.6 Å². The van der Waals surface area contributed by atoms with Gasteiger partial charge in [-0.2, -0.15) is 0 Å². The summed E-state index contributed by atoms with van der Waals surface area (Å²) in [6.45, 7) is 1.92. The molecule has 0 aliphatic heterocycles. The van der Waals surface area contributed by atoms with Crippen molar-refractivity contribution in [2.75, 3.05) is 0 Å². The van der Waals surface area contributed by atoms with E-state index < -0.39 is 0 Å². The standard InChI is InChI=1S/C16H13NO/c1-11-7-8-14-13(12-5-3-2-4-6-12)9-10-15(18)16(14)17-11/h2-10,18H,1H3. The highest BCUT2D eigenvalue weighted by Gasteiger charge is 2.08. The average molecular weight is 235 g/mol. The van der Waals surface area contributed by atoms with Crippen LogP contribution in [0.25, 0.3) is 22.0 Å². The van der Waals surface area contributed by atoms with E-state index in [2.05, 4.69) is 17.1 Å². The summed E-state index contributed by atoms with van der Waals surface area (Å²) in [6, 6.07) is 17.8. The van der Waals surface area contributed by atoms with Gasteiger partial charge in [-0.25, -0.2) is 4.98 Å². The maximum absolute atomic E-state index is 9.90. The average Bonchev–Trinajstić information content (AvgIpc) is 2.41. The van der Waals surface area contributed by atoms with Crippen molar-refractivity contribution in [3.8, 4) is 16.9 Å². The highest BCUT2D eigenvalue weighted by molar-refractivity contribution is 5.97. The summed E-state index contributed by atoms with van der Waals surface area (Å²) in [5.74, 6) is 0.230. The molecule has 0 spiro atoms. The zero-order chi connectivity index (χ0) is 12.5. The fourth-order valence-electron chi connectivity index (χ4n) is 2.17. The third-order valence-electron chi connectivity index (χ3n) is 3.06. The van der Waals surface area contributed by atoms with Crippen LogP contribution >= 0.6 is 0 Å². The molecule has 0 aliphatic rings. The Morgan fingerprint density at radius 3 is 2.44 bits per heavy atom. The highest BCUT2D eigenvalue weighted by Crippen LogP contribution is 2.32. The molecule has 0 unspecified atom stereocenters. The van der Waals surface area contributed by atoms with Crippen molar-refractivity contribution in [3.05, 3.63) is 60.3 Å². The summed E-state index contributed by atoms with van der Waals surface area (Å²) in [5.41, 5.74) is 3.79. The SMILES string of the molecule is Cc1ccc2c(-c3ccccc3)ccc(O)c2n1. The van der Waals surface area contributed by atoms with Crippen molar-refractivity contribution >= 4 is 10.9 Å². The number of aromatic nitrogens is 1. The molecular formula is C16H13NO. The summed E-state index contributed by atoms with van der Waals surface area (Å²) in [6.07, 6.45) is 0. The maximum atomic E-state index is 9.90. The second-order valence-electron chi connectivity index (χ2n) is 4.35. The minimum atomic E-state index is 0.230.